The van der Waals surface area contributed by atoms with Gasteiger partial charge < -0.3 is 5.48 Å². The Kier molecular flexibility index (Phi) is 20.6. The van der Waals surface area contributed by atoms with E-state index < -0.39 is 0 Å². The normalized spacial score (nSPS) is 8.96. The van der Waals surface area contributed by atoms with Crippen LogP contribution in [0.1, 0.15) is 49.2 Å². The van der Waals surface area contributed by atoms with Crippen LogP contribution in [0, 0.1) is 6.92 Å². The van der Waals surface area contributed by atoms with E-state index in [2.05, 4.69) is 26.0 Å². The summed E-state index contributed by atoms with van der Waals surface area (Å²) in [6, 6.07) is 17.8. The van der Waals surface area contributed by atoms with Crippen LogP contribution in [0.5, 0.6) is 0 Å². The summed E-state index contributed by atoms with van der Waals surface area (Å²) in [5.41, 5.74) is 2.81. The molecule has 1 amide bonds. The molecule has 0 unspecified atom stereocenters. The number of nitrogens with zero attached hydrogens (tertiary/aromatic N) is 1. The SMILES string of the molecule is CCc1ccc(C(=O)N(N)C(C)(C)C)cc1.Cc1ccccc1.Cl.Cl.O.[NaH]. The molecule has 4 N–H and O–H groups in total. The van der Waals surface area contributed by atoms with Crippen molar-refractivity contribution in [2.45, 2.75) is 46.6 Å². The van der Waals surface area contributed by atoms with Crippen LogP contribution < -0.4 is 5.84 Å². The molecule has 2 aromatic rings. The average Bonchev–Trinajstić information content (AvgIpc) is 2.54. The van der Waals surface area contributed by atoms with Crippen molar-refractivity contribution >= 4 is 60.3 Å². The van der Waals surface area contributed by atoms with Crippen molar-refractivity contribution in [3.8, 4) is 0 Å². The second-order valence-corrected chi connectivity index (χ2v) is 6.55. The van der Waals surface area contributed by atoms with Crippen LogP contribution in [0.3, 0.4) is 0 Å². The Hall–Kier alpha value is -0.590. The molecule has 0 bridgehead atoms. The van der Waals surface area contributed by atoms with Gasteiger partial charge in [0.1, 0.15) is 0 Å². The van der Waals surface area contributed by atoms with Crippen LogP contribution in [0.4, 0.5) is 0 Å². The van der Waals surface area contributed by atoms with Crippen LogP contribution in [0.25, 0.3) is 0 Å². The fraction of sp³-hybridized carbons (Fsp3) is 0.350. The van der Waals surface area contributed by atoms with Crippen molar-refractivity contribution in [2.24, 2.45) is 5.84 Å². The predicted octanol–water partition coefficient (Wildman–Crippen LogP) is 3.73. The second-order valence-electron chi connectivity index (χ2n) is 6.55. The van der Waals surface area contributed by atoms with Crippen LogP contribution >= 0.6 is 24.8 Å². The van der Waals surface area contributed by atoms with Gasteiger partial charge in [-0.25, -0.2) is 5.84 Å². The van der Waals surface area contributed by atoms with Gasteiger partial charge in [0.05, 0.1) is 5.54 Å². The Morgan fingerprint density at radius 3 is 1.70 bits per heavy atom. The van der Waals surface area contributed by atoms with E-state index in [1.54, 1.807) is 0 Å². The first-order valence-electron chi connectivity index (χ1n) is 7.95. The summed E-state index contributed by atoms with van der Waals surface area (Å²) in [5.74, 6) is 5.64. The Balaban J connectivity index is -0.000000208. The summed E-state index contributed by atoms with van der Waals surface area (Å²) in [6.07, 6.45) is 0.972. The zero-order valence-corrected chi connectivity index (χ0v) is 17.8. The summed E-state index contributed by atoms with van der Waals surface area (Å²) in [6.45, 7) is 9.89. The molecule has 0 saturated heterocycles. The molecule has 4 nitrogen and oxygen atoms in total. The number of hydrazine groups is 1. The molecule has 0 aromatic heterocycles. The summed E-state index contributed by atoms with van der Waals surface area (Å²) in [4.78, 5) is 12.0. The first-order valence-corrected chi connectivity index (χ1v) is 7.95. The molecule has 150 valence electrons. The Morgan fingerprint density at radius 1 is 0.963 bits per heavy atom. The van der Waals surface area contributed by atoms with Gasteiger partial charge in [-0.1, -0.05) is 55.0 Å². The van der Waals surface area contributed by atoms with E-state index in [9.17, 15) is 4.79 Å². The molecule has 0 aliphatic rings. The molecular weight excluding hydrogens is 394 g/mol. The molecule has 7 heteroatoms. The Bertz CT molecular complexity index is 618. The Morgan fingerprint density at radius 2 is 1.41 bits per heavy atom. The third-order valence-corrected chi connectivity index (χ3v) is 3.49. The number of amides is 1. The van der Waals surface area contributed by atoms with Crippen LogP contribution in [-0.4, -0.2) is 51.5 Å². The van der Waals surface area contributed by atoms with Crippen molar-refractivity contribution in [3.05, 3.63) is 71.3 Å². The first kappa shape index (κ1) is 34.0. The number of hydrogen-bond donors (Lipinski definition) is 1. The molecule has 0 heterocycles. The summed E-state index contributed by atoms with van der Waals surface area (Å²) < 4.78 is 0. The van der Waals surface area contributed by atoms with Gasteiger partial charge in [-0.2, -0.15) is 0 Å². The minimum absolute atomic E-state index is 0. The van der Waals surface area contributed by atoms with E-state index in [-0.39, 0.29) is 71.3 Å². The van der Waals surface area contributed by atoms with E-state index in [0.717, 1.165) is 6.42 Å². The maximum absolute atomic E-state index is 12.0. The molecule has 0 saturated carbocycles. The molecular formula is C20H33Cl2N2NaO2. The first-order chi connectivity index (χ1) is 10.8. The maximum atomic E-state index is 12.0. The molecule has 0 aliphatic heterocycles. The summed E-state index contributed by atoms with van der Waals surface area (Å²) in [5, 5.41) is 1.27. The van der Waals surface area contributed by atoms with Gasteiger partial charge in [-0.3, -0.25) is 9.80 Å². The molecule has 0 atom stereocenters. The molecule has 0 spiro atoms. The number of halogens is 2. The van der Waals surface area contributed by atoms with Crippen molar-refractivity contribution in [1.29, 1.82) is 0 Å². The van der Waals surface area contributed by atoms with Gasteiger partial charge in [0.15, 0.2) is 0 Å². The number of nitrogens with two attached hydrogens (primary N) is 1. The fourth-order valence-corrected chi connectivity index (χ4v) is 1.86. The molecule has 2 rings (SSSR count). The van der Waals surface area contributed by atoms with Crippen LogP contribution in [0.2, 0.25) is 0 Å². The number of benzene rings is 2. The van der Waals surface area contributed by atoms with Gasteiger partial charge in [-0.05, 0) is 51.8 Å². The minimum atomic E-state index is -0.361. The quantitative estimate of drug-likeness (QED) is 0.343. The van der Waals surface area contributed by atoms with Gasteiger partial charge in [0.2, 0.25) is 0 Å². The van der Waals surface area contributed by atoms with Crippen molar-refractivity contribution in [2.75, 3.05) is 0 Å². The third-order valence-electron chi connectivity index (χ3n) is 3.49. The zero-order chi connectivity index (χ0) is 17.5. The second kappa shape index (κ2) is 16.4. The van der Waals surface area contributed by atoms with Gasteiger partial charge in [-0.15, -0.1) is 24.8 Å². The van der Waals surface area contributed by atoms with E-state index in [1.165, 1.54) is 16.1 Å². The zero-order valence-electron chi connectivity index (χ0n) is 16.2. The standard InChI is InChI=1S/C13H20N2O.C7H8.2ClH.Na.H2O.H/c1-5-10-6-8-11(9-7-10)12(16)15(14)13(2,3)4;1-7-5-3-2-4-6-7;;;;;/h6-9H,5,14H2,1-4H3;2-6H,1H3;2*1H;;1H2;. The average molecular weight is 427 g/mol. The van der Waals surface area contributed by atoms with E-state index in [4.69, 9.17) is 5.84 Å². The molecule has 0 radical (unpaired) electrons. The van der Waals surface area contributed by atoms with E-state index >= 15 is 0 Å². The summed E-state index contributed by atoms with van der Waals surface area (Å²) >= 11 is 0. The summed E-state index contributed by atoms with van der Waals surface area (Å²) in [7, 11) is 0. The van der Waals surface area contributed by atoms with Crippen LogP contribution in [-0.2, 0) is 6.42 Å². The van der Waals surface area contributed by atoms with E-state index in [0.29, 0.717) is 5.56 Å². The van der Waals surface area contributed by atoms with Crippen molar-refractivity contribution in [1.82, 2.24) is 5.01 Å². The topological polar surface area (TPSA) is 77.8 Å². The van der Waals surface area contributed by atoms with Gasteiger partial charge in [0, 0.05) is 5.56 Å². The van der Waals surface area contributed by atoms with Gasteiger partial charge in [0.25, 0.3) is 5.91 Å². The van der Waals surface area contributed by atoms with Crippen molar-refractivity contribution < 1.29 is 10.3 Å². The number of carbonyl (C=O) groups is 1. The number of carbonyl (C=O) groups excluding carboxylic acids is 1. The van der Waals surface area contributed by atoms with Crippen LogP contribution in [0.15, 0.2) is 54.6 Å². The monoisotopic (exact) mass is 426 g/mol. The molecule has 2 aromatic carbocycles. The molecule has 27 heavy (non-hydrogen) atoms. The van der Waals surface area contributed by atoms with Crippen molar-refractivity contribution in [3.63, 3.8) is 0 Å². The third kappa shape index (κ3) is 12.5. The number of aryl methyl sites for hydroxylation is 2. The molecule has 0 aliphatic carbocycles. The number of hydrogen-bond acceptors (Lipinski definition) is 2. The Labute approximate surface area is 198 Å². The van der Waals surface area contributed by atoms with Gasteiger partial charge >= 0.3 is 29.6 Å². The number of rotatable bonds is 2. The van der Waals surface area contributed by atoms with E-state index in [1.807, 2.05) is 63.2 Å². The fourth-order valence-electron chi connectivity index (χ4n) is 1.86. The molecule has 0 fully saturated rings. The predicted molar refractivity (Wildman–Crippen MR) is 122 cm³/mol.